The fraction of sp³-hybridized carbons (Fsp3) is 0.294. The van der Waals surface area contributed by atoms with Crippen LogP contribution in [0.3, 0.4) is 0 Å². The number of rotatable bonds is 3. The standard InChI is InChI=1S/C17H18ClNO/c1-11-6-7-13(15(18)10-11)16(19-2)14-5-3-4-12-8-9-20-17(12)14/h3-7,10,16,19H,8-9H2,1-2H3. The minimum atomic E-state index is 0.0520. The lowest BCUT2D eigenvalue weighted by atomic mass is 9.95. The number of ether oxygens (including phenoxy) is 1. The average molecular weight is 288 g/mol. The van der Waals surface area contributed by atoms with Crippen molar-refractivity contribution in [3.8, 4) is 5.75 Å². The predicted octanol–water partition coefficient (Wildman–Crippen LogP) is 3.89. The molecule has 0 aromatic heterocycles. The Morgan fingerprint density at radius 2 is 2.05 bits per heavy atom. The molecule has 2 aromatic carbocycles. The Hall–Kier alpha value is -1.51. The summed E-state index contributed by atoms with van der Waals surface area (Å²) in [6, 6.07) is 12.6. The van der Waals surface area contributed by atoms with Crippen molar-refractivity contribution in [2.75, 3.05) is 13.7 Å². The summed E-state index contributed by atoms with van der Waals surface area (Å²) in [5.41, 5.74) is 4.70. The molecule has 1 aliphatic heterocycles. The Balaban J connectivity index is 2.09. The lowest BCUT2D eigenvalue weighted by Gasteiger charge is -2.21. The smallest absolute Gasteiger partial charge is 0.127 e. The summed E-state index contributed by atoms with van der Waals surface area (Å²) in [6.07, 6.45) is 0.987. The maximum Gasteiger partial charge on any atom is 0.127 e. The summed E-state index contributed by atoms with van der Waals surface area (Å²) in [5, 5.41) is 4.15. The predicted molar refractivity (Wildman–Crippen MR) is 82.7 cm³/mol. The summed E-state index contributed by atoms with van der Waals surface area (Å²) in [4.78, 5) is 0. The topological polar surface area (TPSA) is 21.3 Å². The van der Waals surface area contributed by atoms with E-state index in [1.54, 1.807) is 0 Å². The molecular weight excluding hydrogens is 270 g/mol. The van der Waals surface area contributed by atoms with Gasteiger partial charge in [-0.25, -0.2) is 0 Å². The van der Waals surface area contributed by atoms with Crippen LogP contribution in [0.4, 0.5) is 0 Å². The van der Waals surface area contributed by atoms with Crippen LogP contribution >= 0.6 is 11.6 Å². The van der Waals surface area contributed by atoms with Crippen LogP contribution in [0, 0.1) is 6.92 Å². The van der Waals surface area contributed by atoms with E-state index in [4.69, 9.17) is 16.3 Å². The molecule has 0 radical (unpaired) electrons. The van der Waals surface area contributed by atoms with Crippen LogP contribution in [0.1, 0.15) is 28.3 Å². The maximum atomic E-state index is 6.42. The molecule has 3 rings (SSSR count). The fourth-order valence-electron chi connectivity index (χ4n) is 2.81. The van der Waals surface area contributed by atoms with Gasteiger partial charge in [-0.2, -0.15) is 0 Å². The van der Waals surface area contributed by atoms with Gasteiger partial charge >= 0.3 is 0 Å². The monoisotopic (exact) mass is 287 g/mol. The molecule has 0 amide bonds. The van der Waals surface area contributed by atoms with Gasteiger partial charge in [0.2, 0.25) is 0 Å². The minimum Gasteiger partial charge on any atom is -0.493 e. The highest BCUT2D eigenvalue weighted by molar-refractivity contribution is 6.31. The number of hydrogen-bond donors (Lipinski definition) is 1. The third-order valence-electron chi connectivity index (χ3n) is 3.81. The second-order valence-corrected chi connectivity index (χ2v) is 5.59. The second kappa shape index (κ2) is 5.47. The van der Waals surface area contributed by atoms with E-state index in [-0.39, 0.29) is 6.04 Å². The Labute approximate surface area is 124 Å². The van der Waals surface area contributed by atoms with E-state index >= 15 is 0 Å². The summed E-state index contributed by atoms with van der Waals surface area (Å²) < 4.78 is 5.81. The molecule has 2 aromatic rings. The van der Waals surface area contributed by atoms with Crippen molar-refractivity contribution >= 4 is 11.6 Å². The van der Waals surface area contributed by atoms with Gasteiger partial charge in [-0.3, -0.25) is 0 Å². The lowest BCUT2D eigenvalue weighted by Crippen LogP contribution is -2.18. The van der Waals surface area contributed by atoms with Crippen molar-refractivity contribution < 1.29 is 4.74 Å². The van der Waals surface area contributed by atoms with Crippen molar-refractivity contribution in [3.63, 3.8) is 0 Å². The third kappa shape index (κ3) is 2.30. The van der Waals surface area contributed by atoms with Crippen molar-refractivity contribution in [2.45, 2.75) is 19.4 Å². The summed E-state index contributed by atoms with van der Waals surface area (Å²) >= 11 is 6.42. The van der Waals surface area contributed by atoms with Gasteiger partial charge in [0.05, 0.1) is 12.6 Å². The van der Waals surface area contributed by atoms with E-state index in [2.05, 4.69) is 35.6 Å². The largest absolute Gasteiger partial charge is 0.493 e. The molecule has 1 atom stereocenters. The molecule has 1 unspecified atom stereocenters. The number of nitrogens with one attached hydrogen (secondary N) is 1. The number of benzene rings is 2. The highest BCUT2D eigenvalue weighted by Crippen LogP contribution is 2.38. The van der Waals surface area contributed by atoms with Gasteiger partial charge in [-0.05, 0) is 36.7 Å². The van der Waals surface area contributed by atoms with Gasteiger partial charge in [-0.1, -0.05) is 41.9 Å². The molecule has 20 heavy (non-hydrogen) atoms. The zero-order valence-electron chi connectivity index (χ0n) is 11.7. The summed E-state index contributed by atoms with van der Waals surface area (Å²) in [5.74, 6) is 1.02. The SMILES string of the molecule is CNC(c1ccc(C)cc1Cl)c1cccc2c1OCC2. The van der Waals surface area contributed by atoms with Crippen molar-refractivity contribution in [3.05, 3.63) is 63.7 Å². The van der Waals surface area contributed by atoms with E-state index < -0.39 is 0 Å². The minimum absolute atomic E-state index is 0.0520. The Bertz CT molecular complexity index is 639. The lowest BCUT2D eigenvalue weighted by molar-refractivity contribution is 0.351. The molecule has 1 heterocycles. The summed E-state index contributed by atoms with van der Waals surface area (Å²) in [7, 11) is 1.95. The molecule has 2 nitrogen and oxygen atoms in total. The van der Waals surface area contributed by atoms with E-state index in [1.165, 1.54) is 11.1 Å². The van der Waals surface area contributed by atoms with Crippen molar-refractivity contribution in [1.82, 2.24) is 5.32 Å². The van der Waals surface area contributed by atoms with Gasteiger partial charge in [0.25, 0.3) is 0 Å². The number of halogens is 1. The maximum absolute atomic E-state index is 6.42. The molecule has 1 aliphatic rings. The van der Waals surface area contributed by atoms with Crippen molar-refractivity contribution in [2.24, 2.45) is 0 Å². The molecule has 0 aliphatic carbocycles. The first-order chi connectivity index (χ1) is 9.70. The van der Waals surface area contributed by atoms with Crippen LogP contribution in [-0.4, -0.2) is 13.7 Å². The van der Waals surface area contributed by atoms with Gasteiger partial charge in [-0.15, -0.1) is 0 Å². The molecule has 0 fully saturated rings. The molecule has 0 saturated carbocycles. The number of para-hydroxylation sites is 1. The first-order valence-electron chi connectivity index (χ1n) is 6.88. The van der Waals surface area contributed by atoms with Crippen LogP contribution in [-0.2, 0) is 6.42 Å². The van der Waals surface area contributed by atoms with Crippen LogP contribution in [0.25, 0.3) is 0 Å². The van der Waals surface area contributed by atoms with Crippen molar-refractivity contribution in [1.29, 1.82) is 0 Å². The molecule has 0 bridgehead atoms. The fourth-order valence-corrected chi connectivity index (χ4v) is 3.16. The average Bonchev–Trinajstić information content (AvgIpc) is 2.91. The van der Waals surface area contributed by atoms with E-state index in [9.17, 15) is 0 Å². The summed E-state index contributed by atoms with van der Waals surface area (Å²) in [6.45, 7) is 2.82. The Morgan fingerprint density at radius 1 is 1.20 bits per heavy atom. The van der Waals surface area contributed by atoms with Crippen LogP contribution in [0.15, 0.2) is 36.4 Å². The highest BCUT2D eigenvalue weighted by Gasteiger charge is 2.23. The van der Waals surface area contributed by atoms with Crippen LogP contribution in [0.5, 0.6) is 5.75 Å². The quantitative estimate of drug-likeness (QED) is 0.925. The molecule has 0 saturated heterocycles. The third-order valence-corrected chi connectivity index (χ3v) is 4.14. The van der Waals surface area contributed by atoms with Crippen LogP contribution in [0.2, 0.25) is 5.02 Å². The second-order valence-electron chi connectivity index (χ2n) is 5.18. The first kappa shape index (κ1) is 13.5. The Kier molecular flexibility index (Phi) is 3.68. The number of aryl methyl sites for hydroxylation is 1. The first-order valence-corrected chi connectivity index (χ1v) is 7.26. The van der Waals surface area contributed by atoms with Gasteiger partial charge < -0.3 is 10.1 Å². The zero-order chi connectivity index (χ0) is 14.1. The van der Waals surface area contributed by atoms with E-state index in [0.29, 0.717) is 0 Å². The molecule has 104 valence electrons. The molecule has 1 N–H and O–H groups in total. The van der Waals surface area contributed by atoms with Gasteiger partial charge in [0.1, 0.15) is 5.75 Å². The highest BCUT2D eigenvalue weighted by atomic mass is 35.5. The van der Waals surface area contributed by atoms with E-state index in [1.807, 2.05) is 20.0 Å². The van der Waals surface area contributed by atoms with Crippen LogP contribution < -0.4 is 10.1 Å². The van der Waals surface area contributed by atoms with Gasteiger partial charge in [0.15, 0.2) is 0 Å². The number of fused-ring (bicyclic) bond motifs is 1. The molecular formula is C17H18ClNO. The Morgan fingerprint density at radius 3 is 2.80 bits per heavy atom. The normalized spacial score (nSPS) is 14.8. The molecule has 3 heteroatoms. The number of hydrogen-bond acceptors (Lipinski definition) is 2. The zero-order valence-corrected chi connectivity index (χ0v) is 12.5. The van der Waals surface area contributed by atoms with E-state index in [0.717, 1.165) is 34.9 Å². The van der Waals surface area contributed by atoms with Gasteiger partial charge in [0, 0.05) is 17.0 Å². The molecule has 0 spiro atoms.